The lowest BCUT2D eigenvalue weighted by Gasteiger charge is -2.21. The molecule has 0 bridgehead atoms. The summed E-state index contributed by atoms with van der Waals surface area (Å²) in [5.74, 6) is 1.56. The van der Waals surface area contributed by atoms with Crippen LogP contribution in [0.1, 0.15) is 12.0 Å². The summed E-state index contributed by atoms with van der Waals surface area (Å²) in [6, 6.07) is 7.64. The van der Waals surface area contributed by atoms with Crippen LogP contribution in [0.2, 0.25) is 0 Å². The van der Waals surface area contributed by atoms with Gasteiger partial charge in [0.15, 0.2) is 5.96 Å². The normalized spacial score (nSPS) is 18.5. The van der Waals surface area contributed by atoms with Crippen LogP contribution in [-0.4, -0.2) is 42.1 Å². The van der Waals surface area contributed by atoms with E-state index in [4.69, 9.17) is 9.15 Å². The Kier molecular flexibility index (Phi) is 4.58. The SMILES string of the molecule is CN=C(NCc1ccoc1)N1CCC(Oc2ccccn2)C1. The number of hydrogen-bond donors (Lipinski definition) is 1. The molecule has 3 rings (SSSR count). The van der Waals surface area contributed by atoms with E-state index in [1.807, 2.05) is 24.3 Å². The first kappa shape index (κ1) is 14.4. The van der Waals surface area contributed by atoms with Gasteiger partial charge in [-0.2, -0.15) is 0 Å². The molecule has 2 aromatic heterocycles. The average Bonchev–Trinajstić information content (AvgIpc) is 3.21. The second kappa shape index (κ2) is 6.98. The van der Waals surface area contributed by atoms with Crippen LogP contribution in [0.4, 0.5) is 0 Å². The zero-order valence-electron chi connectivity index (χ0n) is 12.6. The number of hydrogen-bond acceptors (Lipinski definition) is 4. The minimum atomic E-state index is 0.141. The summed E-state index contributed by atoms with van der Waals surface area (Å²) in [6.45, 7) is 2.43. The molecule has 0 saturated carbocycles. The van der Waals surface area contributed by atoms with Crippen molar-refractivity contribution in [1.29, 1.82) is 0 Å². The zero-order valence-corrected chi connectivity index (χ0v) is 12.6. The van der Waals surface area contributed by atoms with Crippen LogP contribution >= 0.6 is 0 Å². The lowest BCUT2D eigenvalue weighted by molar-refractivity contribution is 0.205. The largest absolute Gasteiger partial charge is 0.472 e. The molecule has 0 radical (unpaired) electrons. The molecular formula is C16H20N4O2. The number of aliphatic imine (C=N–C) groups is 1. The highest BCUT2D eigenvalue weighted by molar-refractivity contribution is 5.80. The Morgan fingerprint density at radius 2 is 2.45 bits per heavy atom. The van der Waals surface area contributed by atoms with E-state index in [1.165, 1.54) is 0 Å². The Balaban J connectivity index is 1.52. The Labute approximate surface area is 129 Å². The van der Waals surface area contributed by atoms with Gasteiger partial charge in [-0.05, 0) is 12.1 Å². The molecule has 2 aromatic rings. The third-order valence-corrected chi connectivity index (χ3v) is 3.61. The summed E-state index contributed by atoms with van der Waals surface area (Å²) in [5.41, 5.74) is 1.10. The second-order valence-corrected chi connectivity index (χ2v) is 5.17. The monoisotopic (exact) mass is 300 g/mol. The molecule has 1 atom stereocenters. The van der Waals surface area contributed by atoms with Crippen molar-refractivity contribution in [2.75, 3.05) is 20.1 Å². The highest BCUT2D eigenvalue weighted by atomic mass is 16.5. The topological polar surface area (TPSA) is 62.9 Å². The Morgan fingerprint density at radius 1 is 1.50 bits per heavy atom. The fraction of sp³-hybridized carbons (Fsp3) is 0.375. The number of likely N-dealkylation sites (tertiary alicyclic amines) is 1. The van der Waals surface area contributed by atoms with Crippen LogP contribution in [0.15, 0.2) is 52.4 Å². The van der Waals surface area contributed by atoms with Crippen LogP contribution in [0, 0.1) is 0 Å². The molecule has 0 aromatic carbocycles. The summed E-state index contributed by atoms with van der Waals surface area (Å²) in [6.07, 6.45) is 6.25. The molecule has 1 aliphatic heterocycles. The first-order valence-electron chi connectivity index (χ1n) is 7.39. The predicted molar refractivity (Wildman–Crippen MR) is 83.7 cm³/mol. The van der Waals surface area contributed by atoms with Gasteiger partial charge < -0.3 is 19.4 Å². The van der Waals surface area contributed by atoms with E-state index in [-0.39, 0.29) is 6.10 Å². The molecule has 116 valence electrons. The fourth-order valence-electron chi connectivity index (χ4n) is 2.51. The van der Waals surface area contributed by atoms with Crippen molar-refractivity contribution in [2.45, 2.75) is 19.1 Å². The standard InChI is InChI=1S/C16H20N4O2/c1-17-16(19-10-13-6-9-21-12-13)20-8-5-14(11-20)22-15-4-2-3-7-18-15/h2-4,6-7,9,12,14H,5,8,10-11H2,1H3,(H,17,19). The number of nitrogens with one attached hydrogen (secondary N) is 1. The molecule has 0 amide bonds. The lowest BCUT2D eigenvalue weighted by Crippen LogP contribution is -2.40. The molecule has 1 aliphatic rings. The van der Waals surface area contributed by atoms with E-state index in [9.17, 15) is 0 Å². The molecule has 22 heavy (non-hydrogen) atoms. The van der Waals surface area contributed by atoms with Crippen molar-refractivity contribution in [3.8, 4) is 5.88 Å². The number of pyridine rings is 1. The molecule has 1 fully saturated rings. The highest BCUT2D eigenvalue weighted by Crippen LogP contribution is 2.16. The van der Waals surface area contributed by atoms with Gasteiger partial charge in [-0.1, -0.05) is 6.07 Å². The quantitative estimate of drug-likeness (QED) is 0.690. The van der Waals surface area contributed by atoms with Crippen LogP contribution in [0.25, 0.3) is 0 Å². The van der Waals surface area contributed by atoms with Crippen molar-refractivity contribution in [3.63, 3.8) is 0 Å². The van der Waals surface area contributed by atoms with Crippen LogP contribution in [0.5, 0.6) is 5.88 Å². The van der Waals surface area contributed by atoms with Crippen molar-refractivity contribution < 1.29 is 9.15 Å². The number of ether oxygens (including phenoxy) is 1. The molecular weight excluding hydrogens is 280 g/mol. The Bertz CT molecular complexity index is 598. The zero-order chi connectivity index (χ0) is 15.2. The minimum absolute atomic E-state index is 0.141. The number of furan rings is 1. The van der Waals surface area contributed by atoms with E-state index in [1.54, 1.807) is 25.8 Å². The third kappa shape index (κ3) is 3.58. The van der Waals surface area contributed by atoms with Crippen LogP contribution in [-0.2, 0) is 6.54 Å². The molecule has 0 spiro atoms. The van der Waals surface area contributed by atoms with Crippen molar-refractivity contribution in [1.82, 2.24) is 15.2 Å². The molecule has 1 N–H and O–H groups in total. The Morgan fingerprint density at radius 3 is 3.18 bits per heavy atom. The summed E-state index contributed by atoms with van der Waals surface area (Å²) >= 11 is 0. The van der Waals surface area contributed by atoms with Gasteiger partial charge in [0.05, 0.1) is 19.1 Å². The molecule has 1 unspecified atom stereocenters. The van der Waals surface area contributed by atoms with E-state index >= 15 is 0 Å². The lowest BCUT2D eigenvalue weighted by atomic mass is 10.3. The molecule has 0 aliphatic carbocycles. The average molecular weight is 300 g/mol. The molecule has 6 heteroatoms. The first-order chi connectivity index (χ1) is 10.8. The highest BCUT2D eigenvalue weighted by Gasteiger charge is 2.26. The third-order valence-electron chi connectivity index (χ3n) is 3.61. The molecule has 6 nitrogen and oxygen atoms in total. The molecule has 1 saturated heterocycles. The predicted octanol–water partition coefficient (Wildman–Crippen LogP) is 1.90. The van der Waals surface area contributed by atoms with Crippen LogP contribution in [0.3, 0.4) is 0 Å². The second-order valence-electron chi connectivity index (χ2n) is 5.17. The van der Waals surface area contributed by atoms with Crippen molar-refractivity contribution in [3.05, 3.63) is 48.6 Å². The summed E-state index contributed by atoms with van der Waals surface area (Å²) in [5, 5.41) is 3.34. The van der Waals surface area contributed by atoms with E-state index in [2.05, 4.69) is 20.2 Å². The van der Waals surface area contributed by atoms with Crippen molar-refractivity contribution in [2.24, 2.45) is 4.99 Å². The van der Waals surface area contributed by atoms with Crippen molar-refractivity contribution >= 4 is 5.96 Å². The number of nitrogens with zero attached hydrogens (tertiary/aromatic N) is 3. The Hall–Kier alpha value is -2.50. The summed E-state index contributed by atoms with van der Waals surface area (Å²) < 4.78 is 11.0. The van der Waals surface area contributed by atoms with Gasteiger partial charge >= 0.3 is 0 Å². The van der Waals surface area contributed by atoms with Gasteiger partial charge in [0.1, 0.15) is 6.10 Å². The fourth-order valence-corrected chi connectivity index (χ4v) is 2.51. The van der Waals surface area contributed by atoms with Gasteiger partial charge in [-0.25, -0.2) is 4.98 Å². The van der Waals surface area contributed by atoms with Gasteiger partial charge in [0.25, 0.3) is 0 Å². The number of aromatic nitrogens is 1. The number of guanidine groups is 1. The van der Waals surface area contributed by atoms with E-state index in [0.29, 0.717) is 12.4 Å². The smallest absolute Gasteiger partial charge is 0.213 e. The van der Waals surface area contributed by atoms with E-state index in [0.717, 1.165) is 31.0 Å². The first-order valence-corrected chi connectivity index (χ1v) is 7.39. The van der Waals surface area contributed by atoms with Gasteiger partial charge in [-0.15, -0.1) is 0 Å². The maximum atomic E-state index is 5.90. The minimum Gasteiger partial charge on any atom is -0.472 e. The van der Waals surface area contributed by atoms with Gasteiger partial charge in [0.2, 0.25) is 5.88 Å². The maximum Gasteiger partial charge on any atom is 0.213 e. The molecule has 3 heterocycles. The van der Waals surface area contributed by atoms with Gasteiger partial charge in [0, 0.05) is 44.4 Å². The van der Waals surface area contributed by atoms with Crippen LogP contribution < -0.4 is 10.1 Å². The number of rotatable bonds is 4. The maximum absolute atomic E-state index is 5.90. The van der Waals surface area contributed by atoms with Gasteiger partial charge in [-0.3, -0.25) is 4.99 Å². The summed E-state index contributed by atoms with van der Waals surface area (Å²) in [7, 11) is 1.80. The summed E-state index contributed by atoms with van der Waals surface area (Å²) in [4.78, 5) is 10.7. The van der Waals surface area contributed by atoms with E-state index < -0.39 is 0 Å².